The maximum absolute atomic E-state index is 10.8. The molecule has 2 rings (SSSR count). The quantitative estimate of drug-likeness (QED) is 0.685. The summed E-state index contributed by atoms with van der Waals surface area (Å²) in [4.78, 5) is 10.8. The second kappa shape index (κ2) is 6.88. The third-order valence-electron chi connectivity index (χ3n) is 2.98. The largest absolute Gasteiger partial charge is 0.281 e. The molecule has 0 amide bonds. The van der Waals surface area contributed by atoms with Crippen LogP contribution in [0.1, 0.15) is 18.4 Å². The van der Waals surface area contributed by atoms with Gasteiger partial charge in [-0.15, -0.1) is 0 Å². The van der Waals surface area contributed by atoms with Crippen LogP contribution in [0, 0.1) is 0 Å². The van der Waals surface area contributed by atoms with E-state index in [0.717, 1.165) is 17.3 Å². The normalized spacial score (nSPS) is 10.4. The van der Waals surface area contributed by atoms with Crippen molar-refractivity contribution in [3.8, 4) is 11.1 Å². The average Bonchev–Trinajstić information content (AvgIpc) is 2.41. The Kier molecular flexibility index (Phi) is 5.17. The van der Waals surface area contributed by atoms with Crippen LogP contribution in [-0.4, -0.2) is 5.24 Å². The first kappa shape index (κ1) is 14.3. The van der Waals surface area contributed by atoms with Gasteiger partial charge in [-0.05, 0) is 53.3 Å². The molecule has 2 aromatic carbocycles. The summed E-state index contributed by atoms with van der Waals surface area (Å²) in [5.74, 6) is 0. The lowest BCUT2D eigenvalue weighted by molar-refractivity contribution is -0.111. The first-order valence-corrected chi connectivity index (χ1v) is 7.36. The van der Waals surface area contributed by atoms with E-state index in [2.05, 4.69) is 40.2 Å². The van der Waals surface area contributed by atoms with Crippen molar-refractivity contribution in [1.82, 2.24) is 0 Å². The van der Waals surface area contributed by atoms with Crippen LogP contribution in [0.5, 0.6) is 0 Å². The average molecular weight is 338 g/mol. The van der Waals surface area contributed by atoms with Gasteiger partial charge in [0.1, 0.15) is 0 Å². The molecular formula is C16H14BrClO. The Bertz CT molecular complexity index is 566. The van der Waals surface area contributed by atoms with Crippen LogP contribution >= 0.6 is 27.5 Å². The molecule has 0 fully saturated rings. The summed E-state index contributed by atoms with van der Waals surface area (Å²) in [6, 6.07) is 16.5. The smallest absolute Gasteiger partial charge is 0.221 e. The molecule has 0 spiro atoms. The van der Waals surface area contributed by atoms with E-state index < -0.39 is 0 Å². The zero-order valence-corrected chi connectivity index (χ0v) is 12.7. The van der Waals surface area contributed by atoms with Crippen molar-refractivity contribution in [2.75, 3.05) is 0 Å². The van der Waals surface area contributed by atoms with Gasteiger partial charge in [-0.2, -0.15) is 0 Å². The lowest BCUT2D eigenvalue weighted by atomic mass is 9.96. The van der Waals surface area contributed by atoms with Gasteiger partial charge in [0.2, 0.25) is 5.24 Å². The fraction of sp³-hybridized carbons (Fsp3) is 0.188. The molecule has 2 aromatic rings. The standard InChI is InChI=1S/C16H14BrClO/c17-14-10-9-13(7-4-8-16(18)19)15(11-14)12-5-2-1-3-6-12/h1-3,5-6,9-11H,4,7-8H2. The monoisotopic (exact) mass is 336 g/mol. The van der Waals surface area contributed by atoms with Gasteiger partial charge < -0.3 is 0 Å². The second-order valence-electron chi connectivity index (χ2n) is 4.38. The lowest BCUT2D eigenvalue weighted by Crippen LogP contribution is -1.93. The Balaban J connectivity index is 2.26. The summed E-state index contributed by atoms with van der Waals surface area (Å²) in [5.41, 5.74) is 3.64. The summed E-state index contributed by atoms with van der Waals surface area (Å²) in [7, 11) is 0. The van der Waals surface area contributed by atoms with Gasteiger partial charge in [-0.1, -0.05) is 52.3 Å². The van der Waals surface area contributed by atoms with E-state index in [1.165, 1.54) is 16.7 Å². The Hall–Kier alpha value is -1.12. The predicted octanol–water partition coefficient (Wildman–Crippen LogP) is 5.20. The van der Waals surface area contributed by atoms with Gasteiger partial charge in [0.15, 0.2) is 0 Å². The molecule has 0 N–H and O–H groups in total. The molecule has 3 heteroatoms. The number of benzene rings is 2. The van der Waals surface area contributed by atoms with Gasteiger partial charge in [-0.3, -0.25) is 4.79 Å². The molecule has 0 atom stereocenters. The highest BCUT2D eigenvalue weighted by molar-refractivity contribution is 9.10. The fourth-order valence-corrected chi connectivity index (χ4v) is 2.57. The first-order valence-electron chi connectivity index (χ1n) is 6.19. The zero-order chi connectivity index (χ0) is 13.7. The molecule has 19 heavy (non-hydrogen) atoms. The van der Waals surface area contributed by atoms with Crippen LogP contribution in [0.2, 0.25) is 0 Å². The van der Waals surface area contributed by atoms with Gasteiger partial charge in [0, 0.05) is 10.9 Å². The maximum atomic E-state index is 10.8. The van der Waals surface area contributed by atoms with Crippen molar-refractivity contribution in [2.45, 2.75) is 19.3 Å². The third-order valence-corrected chi connectivity index (χ3v) is 3.66. The van der Waals surface area contributed by atoms with E-state index in [0.29, 0.717) is 6.42 Å². The summed E-state index contributed by atoms with van der Waals surface area (Å²) in [6.07, 6.45) is 2.06. The van der Waals surface area contributed by atoms with Crippen molar-refractivity contribution in [3.63, 3.8) is 0 Å². The number of hydrogen-bond donors (Lipinski definition) is 0. The van der Waals surface area contributed by atoms with Crippen molar-refractivity contribution in [2.24, 2.45) is 0 Å². The maximum Gasteiger partial charge on any atom is 0.221 e. The van der Waals surface area contributed by atoms with Crippen LogP contribution in [0.4, 0.5) is 0 Å². The molecule has 0 heterocycles. The molecule has 0 aromatic heterocycles. The minimum atomic E-state index is -0.265. The number of aryl methyl sites for hydroxylation is 1. The predicted molar refractivity (Wildman–Crippen MR) is 83.4 cm³/mol. The number of halogens is 2. The fourth-order valence-electron chi connectivity index (χ4n) is 2.07. The Morgan fingerprint density at radius 3 is 2.53 bits per heavy atom. The van der Waals surface area contributed by atoms with E-state index in [1.54, 1.807) is 0 Å². The minimum Gasteiger partial charge on any atom is -0.281 e. The summed E-state index contributed by atoms with van der Waals surface area (Å²) in [6.45, 7) is 0. The molecule has 0 bridgehead atoms. The first-order chi connectivity index (χ1) is 9.16. The number of carbonyl (C=O) groups excluding carboxylic acids is 1. The summed E-state index contributed by atoms with van der Waals surface area (Å²) in [5, 5.41) is -0.265. The second-order valence-corrected chi connectivity index (χ2v) is 5.71. The van der Waals surface area contributed by atoms with Crippen molar-refractivity contribution < 1.29 is 4.79 Å². The molecule has 1 nitrogen and oxygen atoms in total. The van der Waals surface area contributed by atoms with Gasteiger partial charge >= 0.3 is 0 Å². The highest BCUT2D eigenvalue weighted by Gasteiger charge is 2.06. The molecule has 0 aliphatic rings. The minimum absolute atomic E-state index is 0.265. The highest BCUT2D eigenvalue weighted by Crippen LogP contribution is 2.28. The van der Waals surface area contributed by atoms with Crippen LogP contribution in [-0.2, 0) is 11.2 Å². The molecule has 0 radical (unpaired) electrons. The molecule has 0 aliphatic carbocycles. The van der Waals surface area contributed by atoms with E-state index in [9.17, 15) is 4.79 Å². The van der Waals surface area contributed by atoms with E-state index in [1.807, 2.05) is 24.3 Å². The van der Waals surface area contributed by atoms with Crippen molar-refractivity contribution in [3.05, 3.63) is 58.6 Å². The molecule has 0 unspecified atom stereocenters. The summed E-state index contributed by atoms with van der Waals surface area (Å²) < 4.78 is 1.06. The van der Waals surface area contributed by atoms with Crippen molar-refractivity contribution in [1.29, 1.82) is 0 Å². The van der Waals surface area contributed by atoms with Crippen LogP contribution in [0.25, 0.3) is 11.1 Å². The van der Waals surface area contributed by atoms with Gasteiger partial charge in [-0.25, -0.2) is 0 Å². The molecule has 98 valence electrons. The lowest BCUT2D eigenvalue weighted by Gasteiger charge is -2.10. The van der Waals surface area contributed by atoms with Crippen LogP contribution < -0.4 is 0 Å². The topological polar surface area (TPSA) is 17.1 Å². The van der Waals surface area contributed by atoms with Crippen LogP contribution in [0.15, 0.2) is 53.0 Å². The van der Waals surface area contributed by atoms with Crippen LogP contribution in [0.3, 0.4) is 0 Å². The highest BCUT2D eigenvalue weighted by atomic mass is 79.9. The number of hydrogen-bond acceptors (Lipinski definition) is 1. The number of rotatable bonds is 5. The third kappa shape index (κ3) is 4.19. The van der Waals surface area contributed by atoms with E-state index in [4.69, 9.17) is 11.6 Å². The Morgan fingerprint density at radius 2 is 1.84 bits per heavy atom. The molecule has 0 saturated carbocycles. The molecule has 0 saturated heterocycles. The van der Waals surface area contributed by atoms with Gasteiger partial charge in [0.25, 0.3) is 0 Å². The molecular weight excluding hydrogens is 324 g/mol. The molecule has 0 aliphatic heterocycles. The zero-order valence-electron chi connectivity index (χ0n) is 10.4. The van der Waals surface area contributed by atoms with E-state index in [-0.39, 0.29) is 5.24 Å². The Morgan fingerprint density at radius 1 is 1.11 bits per heavy atom. The van der Waals surface area contributed by atoms with Gasteiger partial charge in [0.05, 0.1) is 0 Å². The SMILES string of the molecule is O=C(Cl)CCCc1ccc(Br)cc1-c1ccccc1. The number of carbonyl (C=O) groups is 1. The van der Waals surface area contributed by atoms with Crippen molar-refractivity contribution >= 4 is 32.8 Å². The van der Waals surface area contributed by atoms with E-state index >= 15 is 0 Å². The Labute approximate surface area is 126 Å². The summed E-state index contributed by atoms with van der Waals surface area (Å²) >= 11 is 8.89.